The maximum atomic E-state index is 13.2. The lowest BCUT2D eigenvalue weighted by Gasteiger charge is -2.06. The number of carbonyl (C=O) groups excluding carboxylic acids is 2. The predicted octanol–water partition coefficient (Wildman–Crippen LogP) is 5.18. The van der Waals surface area contributed by atoms with E-state index in [1.165, 1.54) is 0 Å². The van der Waals surface area contributed by atoms with Gasteiger partial charge in [0.15, 0.2) is 0 Å². The first-order chi connectivity index (χ1) is 15.0. The van der Waals surface area contributed by atoms with Gasteiger partial charge in [0.25, 0.3) is 0 Å². The summed E-state index contributed by atoms with van der Waals surface area (Å²) < 4.78 is 13.0. The lowest BCUT2D eigenvalue weighted by Crippen LogP contribution is -2.05. The molecule has 0 aliphatic carbocycles. The molecule has 0 fully saturated rings. The fourth-order valence-corrected chi connectivity index (χ4v) is 3.58. The van der Waals surface area contributed by atoms with E-state index in [9.17, 15) is 9.59 Å². The summed E-state index contributed by atoms with van der Waals surface area (Å²) in [6.07, 6.45) is 1.56. The molecular formula is C24H19BrN2O4. The van der Waals surface area contributed by atoms with Crippen LogP contribution in [0.3, 0.4) is 0 Å². The Labute approximate surface area is 187 Å². The van der Waals surface area contributed by atoms with Crippen molar-refractivity contribution in [1.82, 2.24) is 9.38 Å². The van der Waals surface area contributed by atoms with Crippen molar-refractivity contribution in [1.29, 1.82) is 0 Å². The fourth-order valence-electron chi connectivity index (χ4n) is 3.31. The SMILES string of the molecule is CCOC(=O)c1cc(C(=O)c2ccc(OC)cc2)n2cnc(-c3ccc(Br)cc3)cc12. The van der Waals surface area contributed by atoms with E-state index in [-0.39, 0.29) is 12.4 Å². The minimum absolute atomic E-state index is 0.230. The van der Waals surface area contributed by atoms with E-state index in [4.69, 9.17) is 9.47 Å². The van der Waals surface area contributed by atoms with E-state index >= 15 is 0 Å². The zero-order chi connectivity index (χ0) is 22.0. The molecule has 0 saturated carbocycles. The third-order valence-corrected chi connectivity index (χ3v) is 5.41. The normalized spacial score (nSPS) is 10.8. The van der Waals surface area contributed by atoms with Crippen LogP contribution in [0.1, 0.15) is 33.3 Å². The molecule has 0 bridgehead atoms. The monoisotopic (exact) mass is 478 g/mol. The number of ether oxygens (including phenoxy) is 2. The van der Waals surface area contributed by atoms with Gasteiger partial charge < -0.3 is 9.47 Å². The van der Waals surface area contributed by atoms with Gasteiger partial charge >= 0.3 is 5.97 Å². The highest BCUT2D eigenvalue weighted by molar-refractivity contribution is 9.10. The minimum atomic E-state index is -0.485. The molecular weight excluding hydrogens is 460 g/mol. The fraction of sp³-hybridized carbons (Fsp3) is 0.125. The smallest absolute Gasteiger partial charge is 0.340 e. The average molecular weight is 479 g/mol. The van der Waals surface area contributed by atoms with Gasteiger partial charge in [-0.3, -0.25) is 9.20 Å². The number of esters is 1. The summed E-state index contributed by atoms with van der Waals surface area (Å²) in [7, 11) is 1.57. The topological polar surface area (TPSA) is 69.9 Å². The van der Waals surface area contributed by atoms with Crippen LogP contribution in [0.5, 0.6) is 5.75 Å². The molecule has 0 amide bonds. The first-order valence-electron chi connectivity index (χ1n) is 9.64. The Morgan fingerprint density at radius 3 is 2.39 bits per heavy atom. The number of halogens is 1. The summed E-state index contributed by atoms with van der Waals surface area (Å²) in [5.41, 5.74) is 3.27. The van der Waals surface area contributed by atoms with Crippen LogP contribution < -0.4 is 4.74 Å². The van der Waals surface area contributed by atoms with Crippen molar-refractivity contribution >= 4 is 33.2 Å². The number of rotatable bonds is 6. The maximum absolute atomic E-state index is 13.2. The van der Waals surface area contributed by atoms with Gasteiger partial charge in [0.2, 0.25) is 5.78 Å². The Balaban J connectivity index is 1.84. The van der Waals surface area contributed by atoms with Crippen molar-refractivity contribution in [3.05, 3.63) is 88.3 Å². The minimum Gasteiger partial charge on any atom is -0.497 e. The van der Waals surface area contributed by atoms with Crippen LogP contribution in [-0.4, -0.2) is 34.9 Å². The highest BCUT2D eigenvalue weighted by Crippen LogP contribution is 2.26. The lowest BCUT2D eigenvalue weighted by atomic mass is 10.1. The van der Waals surface area contributed by atoms with Crippen molar-refractivity contribution in [2.75, 3.05) is 13.7 Å². The van der Waals surface area contributed by atoms with E-state index in [0.717, 1.165) is 10.0 Å². The molecule has 0 radical (unpaired) electrons. The van der Waals surface area contributed by atoms with E-state index in [1.807, 2.05) is 24.3 Å². The van der Waals surface area contributed by atoms with E-state index < -0.39 is 5.97 Å². The molecule has 0 aliphatic heterocycles. The van der Waals surface area contributed by atoms with Crippen LogP contribution >= 0.6 is 15.9 Å². The maximum Gasteiger partial charge on any atom is 0.340 e. The second-order valence-electron chi connectivity index (χ2n) is 6.76. The molecule has 6 nitrogen and oxygen atoms in total. The van der Waals surface area contributed by atoms with Crippen LogP contribution in [-0.2, 0) is 4.74 Å². The van der Waals surface area contributed by atoms with Gasteiger partial charge in [0, 0.05) is 15.6 Å². The Morgan fingerprint density at radius 2 is 1.74 bits per heavy atom. The Morgan fingerprint density at radius 1 is 1.03 bits per heavy atom. The number of nitrogens with zero attached hydrogens (tertiary/aromatic N) is 2. The summed E-state index contributed by atoms with van der Waals surface area (Å²) in [5.74, 6) is -0.0577. The van der Waals surface area contributed by atoms with Gasteiger partial charge in [-0.2, -0.15) is 0 Å². The van der Waals surface area contributed by atoms with Crippen molar-refractivity contribution in [2.24, 2.45) is 0 Å². The molecule has 0 N–H and O–H groups in total. The van der Waals surface area contributed by atoms with E-state index in [2.05, 4.69) is 20.9 Å². The molecule has 2 aromatic carbocycles. The molecule has 2 aromatic heterocycles. The highest BCUT2D eigenvalue weighted by Gasteiger charge is 2.22. The molecule has 0 spiro atoms. The summed E-state index contributed by atoms with van der Waals surface area (Å²) in [4.78, 5) is 30.3. The molecule has 0 saturated heterocycles. The molecule has 0 unspecified atom stereocenters. The van der Waals surface area contributed by atoms with Crippen LogP contribution in [0.4, 0.5) is 0 Å². The Bertz CT molecular complexity index is 1260. The average Bonchev–Trinajstić information content (AvgIpc) is 3.18. The molecule has 7 heteroatoms. The lowest BCUT2D eigenvalue weighted by molar-refractivity contribution is 0.0529. The number of methoxy groups -OCH3 is 1. The molecule has 0 atom stereocenters. The number of carbonyl (C=O) groups is 2. The first-order valence-corrected chi connectivity index (χ1v) is 10.4. The van der Waals surface area contributed by atoms with Crippen molar-refractivity contribution < 1.29 is 19.1 Å². The second-order valence-corrected chi connectivity index (χ2v) is 7.67. The van der Waals surface area contributed by atoms with Crippen LogP contribution in [0.25, 0.3) is 16.8 Å². The van der Waals surface area contributed by atoms with Gasteiger partial charge in [-0.05, 0) is 55.5 Å². The number of fused-ring (bicyclic) bond motifs is 1. The Kier molecular flexibility index (Phi) is 5.86. The van der Waals surface area contributed by atoms with Crippen LogP contribution in [0, 0.1) is 0 Å². The molecule has 4 aromatic rings. The van der Waals surface area contributed by atoms with Gasteiger partial charge in [-0.1, -0.05) is 28.1 Å². The highest BCUT2D eigenvalue weighted by atomic mass is 79.9. The van der Waals surface area contributed by atoms with Gasteiger partial charge in [0.05, 0.1) is 36.2 Å². The molecule has 2 heterocycles. The summed E-state index contributed by atoms with van der Waals surface area (Å²) in [6.45, 7) is 1.98. The zero-order valence-electron chi connectivity index (χ0n) is 17.0. The molecule has 4 rings (SSSR count). The summed E-state index contributed by atoms with van der Waals surface area (Å²) >= 11 is 3.43. The number of hydrogen-bond acceptors (Lipinski definition) is 5. The van der Waals surface area contributed by atoms with Crippen LogP contribution in [0.2, 0.25) is 0 Å². The van der Waals surface area contributed by atoms with E-state index in [0.29, 0.717) is 33.8 Å². The predicted molar refractivity (Wildman–Crippen MR) is 121 cm³/mol. The van der Waals surface area contributed by atoms with Gasteiger partial charge in [-0.15, -0.1) is 0 Å². The third-order valence-electron chi connectivity index (χ3n) is 4.88. The van der Waals surface area contributed by atoms with Crippen molar-refractivity contribution in [3.63, 3.8) is 0 Å². The number of ketones is 1. The number of hydrogen-bond donors (Lipinski definition) is 0. The van der Waals surface area contributed by atoms with E-state index in [1.54, 1.807) is 61.2 Å². The zero-order valence-corrected chi connectivity index (χ0v) is 18.5. The largest absolute Gasteiger partial charge is 0.497 e. The first kappa shape index (κ1) is 20.8. The van der Waals surface area contributed by atoms with Crippen molar-refractivity contribution in [2.45, 2.75) is 6.92 Å². The second kappa shape index (κ2) is 8.73. The number of aromatic nitrogens is 2. The quantitative estimate of drug-likeness (QED) is 0.282. The Hall–Kier alpha value is -3.45. The third kappa shape index (κ3) is 4.09. The van der Waals surface area contributed by atoms with Gasteiger partial charge in [-0.25, -0.2) is 9.78 Å². The molecule has 31 heavy (non-hydrogen) atoms. The van der Waals surface area contributed by atoms with Crippen molar-refractivity contribution in [3.8, 4) is 17.0 Å². The number of benzene rings is 2. The molecule has 0 aliphatic rings. The van der Waals surface area contributed by atoms with Gasteiger partial charge in [0.1, 0.15) is 12.1 Å². The van der Waals surface area contributed by atoms with Crippen LogP contribution in [0.15, 0.2) is 71.5 Å². The summed E-state index contributed by atoms with van der Waals surface area (Å²) in [5, 5.41) is 0. The summed E-state index contributed by atoms with van der Waals surface area (Å²) in [6, 6.07) is 17.9. The standard InChI is InChI=1S/C24H19BrN2O4/c1-3-31-24(29)19-12-22(23(28)16-6-10-18(30-2)11-7-16)27-14-26-20(13-21(19)27)15-4-8-17(25)9-5-15/h4-14H,3H2,1-2H3. The molecule has 156 valence electrons.